The van der Waals surface area contributed by atoms with Crippen LogP contribution in [0.15, 0.2) is 18.2 Å². The van der Waals surface area contributed by atoms with Gasteiger partial charge in [0.1, 0.15) is 18.3 Å². The summed E-state index contributed by atoms with van der Waals surface area (Å²) < 4.78 is 10.3. The minimum Gasteiger partial charge on any atom is -0.504 e. The Balaban J connectivity index is 2.21. The van der Waals surface area contributed by atoms with Gasteiger partial charge in [-0.05, 0) is 30.7 Å². The Kier molecular flexibility index (Phi) is 5.39. The van der Waals surface area contributed by atoms with E-state index in [2.05, 4.69) is 0 Å². The molecule has 3 unspecified atom stereocenters. The van der Waals surface area contributed by atoms with Crippen molar-refractivity contribution in [3.05, 3.63) is 23.8 Å². The molecule has 0 aromatic heterocycles. The van der Waals surface area contributed by atoms with Crippen molar-refractivity contribution in [1.29, 1.82) is 0 Å². The maximum Gasteiger partial charge on any atom is 0.335 e. The van der Waals surface area contributed by atoms with Gasteiger partial charge in [-0.2, -0.15) is 0 Å². The fourth-order valence-electron chi connectivity index (χ4n) is 2.25. The number of nitrogens with two attached hydrogens (primary N) is 1. The Bertz CT molecular complexity index is 566. The number of carboxylic acids is 1. The average molecular weight is 329 g/mol. The van der Waals surface area contributed by atoms with Gasteiger partial charge in [0.25, 0.3) is 0 Å². The zero-order chi connectivity index (χ0) is 17.1. The number of ether oxygens (including phenoxy) is 2. The lowest BCUT2D eigenvalue weighted by Crippen LogP contribution is -2.61. The highest BCUT2D eigenvalue weighted by Crippen LogP contribution is 2.31. The number of aliphatic hydroxyl groups is 3. The molecule has 1 heterocycles. The number of rotatable bonds is 5. The minimum atomic E-state index is -1.81. The first-order valence-electron chi connectivity index (χ1n) is 6.96. The van der Waals surface area contributed by atoms with Crippen molar-refractivity contribution in [2.45, 2.75) is 37.1 Å². The molecule has 9 nitrogen and oxygen atoms in total. The van der Waals surface area contributed by atoms with Crippen LogP contribution in [-0.2, 0) is 16.0 Å². The molecule has 0 bridgehead atoms. The second-order valence-electron chi connectivity index (χ2n) is 5.19. The van der Waals surface area contributed by atoms with E-state index in [-0.39, 0.29) is 11.5 Å². The molecule has 0 radical (unpaired) electrons. The van der Waals surface area contributed by atoms with Crippen LogP contribution < -0.4 is 10.5 Å². The van der Waals surface area contributed by atoms with Crippen LogP contribution in [0, 0.1) is 0 Å². The highest BCUT2D eigenvalue weighted by Gasteiger charge is 2.48. The van der Waals surface area contributed by atoms with Crippen molar-refractivity contribution in [2.75, 3.05) is 6.54 Å². The van der Waals surface area contributed by atoms with Gasteiger partial charge in [-0.1, -0.05) is 6.07 Å². The second-order valence-corrected chi connectivity index (χ2v) is 5.19. The number of hydrogen-bond acceptors (Lipinski definition) is 8. The molecule has 0 aliphatic carbocycles. The Morgan fingerprint density at radius 2 is 1.91 bits per heavy atom. The van der Waals surface area contributed by atoms with Gasteiger partial charge in [-0.25, -0.2) is 4.79 Å². The van der Waals surface area contributed by atoms with E-state index in [1.807, 2.05) is 0 Å². The topological polar surface area (TPSA) is 163 Å². The van der Waals surface area contributed by atoms with Crippen LogP contribution in [-0.4, -0.2) is 68.8 Å². The summed E-state index contributed by atoms with van der Waals surface area (Å²) in [7, 11) is 0. The van der Waals surface area contributed by atoms with E-state index < -0.39 is 36.7 Å². The van der Waals surface area contributed by atoms with Crippen LogP contribution in [0.1, 0.15) is 5.56 Å². The van der Waals surface area contributed by atoms with E-state index in [0.29, 0.717) is 13.0 Å². The number of aromatic hydroxyl groups is 1. The third-order valence-electron chi connectivity index (χ3n) is 3.51. The molecule has 23 heavy (non-hydrogen) atoms. The number of benzene rings is 1. The van der Waals surface area contributed by atoms with Gasteiger partial charge in [0.15, 0.2) is 17.6 Å². The number of aliphatic carboxylic acids is 1. The molecule has 0 spiro atoms. The molecule has 0 amide bonds. The quantitative estimate of drug-likeness (QED) is 0.364. The summed E-state index contributed by atoms with van der Waals surface area (Å²) in [6.07, 6.45) is -8.10. The maximum absolute atomic E-state index is 11.0. The van der Waals surface area contributed by atoms with E-state index in [4.69, 9.17) is 20.3 Å². The lowest BCUT2D eigenvalue weighted by atomic mass is 9.99. The van der Waals surface area contributed by atoms with Crippen molar-refractivity contribution in [3.63, 3.8) is 0 Å². The van der Waals surface area contributed by atoms with Crippen LogP contribution in [0.2, 0.25) is 0 Å². The molecule has 1 aromatic rings. The smallest absolute Gasteiger partial charge is 0.335 e. The molecule has 1 aromatic carbocycles. The van der Waals surface area contributed by atoms with E-state index in [9.17, 15) is 25.2 Å². The second kappa shape index (κ2) is 7.11. The predicted molar refractivity (Wildman–Crippen MR) is 75.8 cm³/mol. The molecule has 5 atom stereocenters. The molecule has 1 aliphatic rings. The van der Waals surface area contributed by atoms with E-state index in [0.717, 1.165) is 5.56 Å². The fraction of sp³-hybridized carbons (Fsp3) is 0.500. The predicted octanol–water partition coefficient (Wildman–Crippen LogP) is -1.84. The van der Waals surface area contributed by atoms with Gasteiger partial charge < -0.3 is 40.7 Å². The molecular formula is C14H19NO8. The lowest BCUT2D eigenvalue weighted by Gasteiger charge is -2.38. The summed E-state index contributed by atoms with van der Waals surface area (Å²) in [5, 5.41) is 48.0. The number of phenols is 1. The fourth-order valence-corrected chi connectivity index (χ4v) is 2.25. The molecule has 9 heteroatoms. The summed E-state index contributed by atoms with van der Waals surface area (Å²) in [5.41, 5.74) is 6.20. The van der Waals surface area contributed by atoms with Crippen molar-refractivity contribution in [2.24, 2.45) is 5.73 Å². The zero-order valence-corrected chi connectivity index (χ0v) is 12.1. The van der Waals surface area contributed by atoms with Crippen LogP contribution in [0.5, 0.6) is 11.5 Å². The SMILES string of the molecule is NCCc1ccc(O)c(O[C@@H]2OC(C(=O)O)[C@@H](O)C(O)C2O)c1. The summed E-state index contributed by atoms with van der Waals surface area (Å²) in [6, 6.07) is 4.45. The molecule has 1 saturated heterocycles. The third-order valence-corrected chi connectivity index (χ3v) is 3.51. The first-order chi connectivity index (χ1) is 10.8. The summed E-state index contributed by atoms with van der Waals surface area (Å²) in [4.78, 5) is 11.0. The normalized spacial score (nSPS) is 30.9. The molecule has 128 valence electrons. The van der Waals surface area contributed by atoms with Crippen LogP contribution in [0.25, 0.3) is 0 Å². The molecule has 1 aliphatic heterocycles. The van der Waals surface area contributed by atoms with Crippen LogP contribution in [0.3, 0.4) is 0 Å². The van der Waals surface area contributed by atoms with Crippen LogP contribution >= 0.6 is 0 Å². The minimum absolute atomic E-state index is 0.0623. The Morgan fingerprint density at radius 3 is 2.52 bits per heavy atom. The Morgan fingerprint density at radius 1 is 1.22 bits per heavy atom. The number of aliphatic hydroxyl groups excluding tert-OH is 3. The molecular weight excluding hydrogens is 310 g/mol. The van der Waals surface area contributed by atoms with Gasteiger partial charge in [-0.3, -0.25) is 0 Å². The highest BCUT2D eigenvalue weighted by molar-refractivity contribution is 5.73. The molecule has 2 rings (SSSR count). The number of carboxylic acid groups (broad SMARTS) is 1. The molecule has 1 fully saturated rings. The largest absolute Gasteiger partial charge is 0.504 e. The Hall–Kier alpha value is -1.91. The van der Waals surface area contributed by atoms with Crippen molar-refractivity contribution in [1.82, 2.24) is 0 Å². The lowest BCUT2D eigenvalue weighted by molar-refractivity contribution is -0.271. The molecule has 0 saturated carbocycles. The highest BCUT2D eigenvalue weighted by atomic mass is 16.7. The summed E-state index contributed by atoms with van der Waals surface area (Å²) in [6.45, 7) is 0.374. The Labute approximate surface area is 131 Å². The monoisotopic (exact) mass is 329 g/mol. The third kappa shape index (κ3) is 3.71. The van der Waals surface area contributed by atoms with E-state index >= 15 is 0 Å². The van der Waals surface area contributed by atoms with Crippen molar-refractivity contribution < 1.29 is 39.8 Å². The average Bonchev–Trinajstić information content (AvgIpc) is 2.50. The van der Waals surface area contributed by atoms with Gasteiger partial charge in [0, 0.05) is 0 Å². The van der Waals surface area contributed by atoms with Gasteiger partial charge in [-0.15, -0.1) is 0 Å². The first kappa shape index (κ1) is 17.4. The number of carbonyl (C=O) groups is 1. The van der Waals surface area contributed by atoms with Crippen molar-refractivity contribution in [3.8, 4) is 11.5 Å². The van der Waals surface area contributed by atoms with Crippen molar-refractivity contribution >= 4 is 5.97 Å². The first-order valence-corrected chi connectivity index (χ1v) is 6.96. The number of phenolic OH excluding ortho intramolecular Hbond substituents is 1. The summed E-state index contributed by atoms with van der Waals surface area (Å²) >= 11 is 0. The molecule has 7 N–H and O–H groups in total. The standard InChI is InChI=1S/C14H19NO8/c15-4-3-6-1-2-7(16)8(5-6)22-14-11(19)9(17)10(18)12(23-14)13(20)21/h1-2,5,9-12,14,16-19H,3-4,15H2,(H,20,21)/t9?,10-,11?,12?,14+/m0/s1. The van der Waals surface area contributed by atoms with E-state index in [1.165, 1.54) is 12.1 Å². The zero-order valence-electron chi connectivity index (χ0n) is 12.1. The van der Waals surface area contributed by atoms with Gasteiger partial charge in [0.2, 0.25) is 6.29 Å². The van der Waals surface area contributed by atoms with Crippen LogP contribution in [0.4, 0.5) is 0 Å². The van der Waals surface area contributed by atoms with Gasteiger partial charge >= 0.3 is 5.97 Å². The number of hydrogen-bond donors (Lipinski definition) is 6. The van der Waals surface area contributed by atoms with E-state index in [1.54, 1.807) is 6.07 Å². The summed E-state index contributed by atoms with van der Waals surface area (Å²) in [5.74, 6) is -1.83. The van der Waals surface area contributed by atoms with Gasteiger partial charge in [0.05, 0.1) is 0 Å². The maximum atomic E-state index is 11.0.